The van der Waals surface area contributed by atoms with Crippen molar-refractivity contribution in [3.05, 3.63) is 72.8 Å². The zero-order chi connectivity index (χ0) is 18.5. The van der Waals surface area contributed by atoms with Crippen molar-refractivity contribution >= 4 is 23.2 Å². The van der Waals surface area contributed by atoms with Crippen LogP contribution in [0.15, 0.2) is 67.3 Å². The van der Waals surface area contributed by atoms with Gasteiger partial charge in [-0.2, -0.15) is 0 Å². The van der Waals surface area contributed by atoms with Crippen LogP contribution >= 0.6 is 0 Å². The van der Waals surface area contributed by atoms with E-state index >= 15 is 0 Å². The molecule has 4 rings (SSSR count). The number of nitrogens with one attached hydrogen (secondary N) is 1. The molecule has 2 aromatic heterocycles. The topological polar surface area (TPSA) is 74.2 Å². The van der Waals surface area contributed by atoms with Crippen molar-refractivity contribution in [2.24, 2.45) is 0 Å². The van der Waals surface area contributed by atoms with Gasteiger partial charge in [0.1, 0.15) is 0 Å². The van der Waals surface area contributed by atoms with E-state index in [1.807, 2.05) is 30.3 Å². The Hall–Kier alpha value is -3.48. The van der Waals surface area contributed by atoms with Crippen LogP contribution in [0.1, 0.15) is 10.4 Å². The van der Waals surface area contributed by atoms with Crippen molar-refractivity contribution in [3.63, 3.8) is 0 Å². The largest absolute Gasteiger partial charge is 0.368 e. The van der Waals surface area contributed by atoms with E-state index in [0.29, 0.717) is 5.56 Å². The molecule has 0 spiro atoms. The minimum atomic E-state index is -0.160. The monoisotopic (exact) mass is 360 g/mol. The molecule has 1 N–H and O–H groups in total. The summed E-state index contributed by atoms with van der Waals surface area (Å²) < 4.78 is 0. The predicted octanol–water partition coefficient (Wildman–Crippen LogP) is 2.45. The van der Waals surface area contributed by atoms with Crippen molar-refractivity contribution in [2.45, 2.75) is 0 Å². The fraction of sp³-hybridized carbons (Fsp3) is 0.200. The standard InChI is InChI=1S/C20H20N6O/c27-19(16-3-1-8-21-15-16)24-17-4-6-18(7-5-17)25-11-13-26(14-12-25)20-22-9-2-10-23-20/h1-10,15H,11-14H2,(H,24,27). The second-order valence-electron chi connectivity index (χ2n) is 6.27. The van der Waals surface area contributed by atoms with Gasteiger partial charge in [0, 0.05) is 62.3 Å². The molecule has 7 heteroatoms. The summed E-state index contributed by atoms with van der Waals surface area (Å²) in [4.78, 5) is 29.3. The average Bonchev–Trinajstić information content (AvgIpc) is 2.76. The first-order valence-corrected chi connectivity index (χ1v) is 8.88. The van der Waals surface area contributed by atoms with Crippen molar-refractivity contribution in [3.8, 4) is 0 Å². The predicted molar refractivity (Wildman–Crippen MR) is 105 cm³/mol. The third kappa shape index (κ3) is 4.03. The van der Waals surface area contributed by atoms with Gasteiger partial charge in [0.05, 0.1) is 5.56 Å². The number of pyridine rings is 1. The van der Waals surface area contributed by atoms with Crippen LogP contribution in [0.2, 0.25) is 0 Å². The first-order chi connectivity index (χ1) is 13.3. The number of piperazine rings is 1. The molecular weight excluding hydrogens is 340 g/mol. The van der Waals surface area contributed by atoms with Gasteiger partial charge in [-0.3, -0.25) is 9.78 Å². The minimum Gasteiger partial charge on any atom is -0.368 e. The summed E-state index contributed by atoms with van der Waals surface area (Å²) in [5, 5.41) is 2.89. The molecule has 0 saturated carbocycles. The van der Waals surface area contributed by atoms with E-state index in [0.717, 1.165) is 43.5 Å². The molecule has 0 unspecified atom stereocenters. The summed E-state index contributed by atoms with van der Waals surface area (Å²) in [6.45, 7) is 3.56. The van der Waals surface area contributed by atoms with Crippen molar-refractivity contribution in [1.82, 2.24) is 15.0 Å². The number of anilines is 3. The van der Waals surface area contributed by atoms with Crippen LogP contribution in [-0.4, -0.2) is 47.0 Å². The molecular formula is C20H20N6O. The number of hydrogen-bond donors (Lipinski definition) is 1. The van der Waals surface area contributed by atoms with Gasteiger partial charge in [0.2, 0.25) is 5.95 Å². The highest BCUT2D eigenvalue weighted by atomic mass is 16.1. The molecule has 1 fully saturated rings. The van der Waals surface area contributed by atoms with Gasteiger partial charge >= 0.3 is 0 Å². The Morgan fingerprint density at radius 2 is 1.56 bits per heavy atom. The van der Waals surface area contributed by atoms with E-state index < -0.39 is 0 Å². The lowest BCUT2D eigenvalue weighted by Crippen LogP contribution is -2.47. The summed E-state index contributed by atoms with van der Waals surface area (Å²) >= 11 is 0. The Bertz CT molecular complexity index is 877. The Morgan fingerprint density at radius 1 is 0.852 bits per heavy atom. The highest BCUT2D eigenvalue weighted by Crippen LogP contribution is 2.21. The maximum Gasteiger partial charge on any atom is 0.257 e. The highest BCUT2D eigenvalue weighted by Gasteiger charge is 2.19. The van der Waals surface area contributed by atoms with Gasteiger partial charge in [0.15, 0.2) is 0 Å². The van der Waals surface area contributed by atoms with Gasteiger partial charge in [-0.25, -0.2) is 9.97 Å². The maximum absolute atomic E-state index is 12.2. The zero-order valence-corrected chi connectivity index (χ0v) is 14.8. The SMILES string of the molecule is O=C(Nc1ccc(N2CCN(c3ncccn3)CC2)cc1)c1cccnc1. The normalized spacial score (nSPS) is 14.1. The third-order valence-corrected chi connectivity index (χ3v) is 4.53. The fourth-order valence-corrected chi connectivity index (χ4v) is 3.08. The smallest absolute Gasteiger partial charge is 0.257 e. The van der Waals surface area contributed by atoms with E-state index in [9.17, 15) is 4.79 Å². The van der Waals surface area contributed by atoms with Gasteiger partial charge in [0.25, 0.3) is 5.91 Å². The highest BCUT2D eigenvalue weighted by molar-refractivity contribution is 6.04. The van der Waals surface area contributed by atoms with Crippen molar-refractivity contribution in [1.29, 1.82) is 0 Å². The first-order valence-electron chi connectivity index (χ1n) is 8.88. The third-order valence-electron chi connectivity index (χ3n) is 4.53. The summed E-state index contributed by atoms with van der Waals surface area (Å²) in [5.41, 5.74) is 2.45. The quantitative estimate of drug-likeness (QED) is 0.770. The van der Waals surface area contributed by atoms with Crippen molar-refractivity contribution < 1.29 is 4.79 Å². The number of carbonyl (C=O) groups is 1. The average molecular weight is 360 g/mol. The summed E-state index contributed by atoms with van der Waals surface area (Å²) in [6.07, 6.45) is 6.75. The molecule has 7 nitrogen and oxygen atoms in total. The number of amides is 1. The molecule has 136 valence electrons. The Balaban J connectivity index is 1.35. The van der Waals surface area contributed by atoms with Crippen LogP contribution in [0.25, 0.3) is 0 Å². The first kappa shape index (κ1) is 17.0. The lowest BCUT2D eigenvalue weighted by molar-refractivity contribution is 0.102. The van der Waals surface area contributed by atoms with E-state index in [2.05, 4.69) is 30.1 Å². The number of benzene rings is 1. The second-order valence-corrected chi connectivity index (χ2v) is 6.27. The minimum absolute atomic E-state index is 0.160. The number of nitrogens with zero attached hydrogens (tertiary/aromatic N) is 5. The molecule has 1 aromatic carbocycles. The molecule has 3 heterocycles. The summed E-state index contributed by atoms with van der Waals surface area (Å²) in [7, 11) is 0. The van der Waals surface area contributed by atoms with Gasteiger partial charge in [-0.1, -0.05) is 0 Å². The van der Waals surface area contributed by atoms with Crippen LogP contribution < -0.4 is 15.1 Å². The Labute approximate surface area is 157 Å². The zero-order valence-electron chi connectivity index (χ0n) is 14.8. The molecule has 1 saturated heterocycles. The lowest BCUT2D eigenvalue weighted by Gasteiger charge is -2.36. The van der Waals surface area contributed by atoms with E-state index in [4.69, 9.17) is 0 Å². The van der Waals surface area contributed by atoms with Crippen LogP contribution in [0, 0.1) is 0 Å². The second kappa shape index (κ2) is 7.82. The van der Waals surface area contributed by atoms with Crippen LogP contribution in [0.3, 0.4) is 0 Å². The Morgan fingerprint density at radius 3 is 2.22 bits per heavy atom. The Kier molecular flexibility index (Phi) is 4.91. The van der Waals surface area contributed by atoms with Gasteiger partial charge < -0.3 is 15.1 Å². The molecule has 1 amide bonds. The summed E-state index contributed by atoms with van der Waals surface area (Å²) in [5.74, 6) is 0.623. The van der Waals surface area contributed by atoms with Crippen molar-refractivity contribution in [2.75, 3.05) is 41.3 Å². The van der Waals surface area contributed by atoms with Gasteiger partial charge in [-0.15, -0.1) is 0 Å². The van der Waals surface area contributed by atoms with Crippen LogP contribution in [0.5, 0.6) is 0 Å². The van der Waals surface area contributed by atoms with E-state index in [1.165, 1.54) is 0 Å². The lowest BCUT2D eigenvalue weighted by atomic mass is 10.2. The van der Waals surface area contributed by atoms with E-state index in [-0.39, 0.29) is 5.91 Å². The molecule has 3 aromatic rings. The molecule has 1 aliphatic rings. The van der Waals surface area contributed by atoms with E-state index in [1.54, 1.807) is 36.9 Å². The molecule has 0 bridgehead atoms. The number of rotatable bonds is 4. The molecule has 1 aliphatic heterocycles. The number of hydrogen-bond acceptors (Lipinski definition) is 6. The number of aromatic nitrogens is 3. The van der Waals surface area contributed by atoms with Gasteiger partial charge in [-0.05, 0) is 42.5 Å². The van der Waals surface area contributed by atoms with Crippen LogP contribution in [0.4, 0.5) is 17.3 Å². The molecule has 27 heavy (non-hydrogen) atoms. The molecule has 0 aliphatic carbocycles. The number of carbonyl (C=O) groups excluding carboxylic acids is 1. The fourth-order valence-electron chi connectivity index (χ4n) is 3.08. The summed E-state index contributed by atoms with van der Waals surface area (Å²) in [6, 6.07) is 13.2. The van der Waals surface area contributed by atoms with Crippen LogP contribution in [-0.2, 0) is 0 Å². The molecule has 0 radical (unpaired) electrons. The molecule has 0 atom stereocenters. The maximum atomic E-state index is 12.2.